The Morgan fingerprint density at radius 1 is 1.62 bits per heavy atom. The predicted octanol–water partition coefficient (Wildman–Crippen LogP) is 2.05. The van der Waals surface area contributed by atoms with Crippen LogP contribution in [0, 0.1) is 0 Å². The summed E-state index contributed by atoms with van der Waals surface area (Å²) in [5.74, 6) is -0.655. The Hall–Kier alpha value is -0.800. The molecular formula is C8H8Cl2N2O. The van der Waals surface area contributed by atoms with Crippen molar-refractivity contribution in [3.8, 4) is 0 Å². The highest BCUT2D eigenvalue weighted by Gasteiger charge is 2.15. The molecule has 5 heteroatoms. The fraction of sp³-hybridized carbons (Fsp3) is 0.250. The first-order valence-electron chi connectivity index (χ1n) is 3.70. The molecule has 0 radical (unpaired) electrons. The van der Waals surface area contributed by atoms with Crippen molar-refractivity contribution in [3.63, 3.8) is 0 Å². The Morgan fingerprint density at radius 3 is 2.69 bits per heavy atom. The summed E-state index contributed by atoms with van der Waals surface area (Å²) in [6, 6.07) is 0. The van der Waals surface area contributed by atoms with Crippen LogP contribution in [0.15, 0.2) is 6.20 Å². The van der Waals surface area contributed by atoms with Crippen LogP contribution in [-0.2, 0) is 6.42 Å². The van der Waals surface area contributed by atoms with Crippen molar-refractivity contribution in [2.24, 2.45) is 5.73 Å². The standard InChI is InChI=1S/C8H8Cl2N2O/c1-2-4-3-12-7(10)5(6(4)9)8(11)13/h3H,2H2,1H3,(H2,11,13). The molecule has 0 fully saturated rings. The molecule has 0 saturated carbocycles. The van der Waals surface area contributed by atoms with Crippen molar-refractivity contribution in [1.29, 1.82) is 0 Å². The first-order chi connectivity index (χ1) is 6.07. The molecule has 1 aromatic rings. The van der Waals surface area contributed by atoms with Crippen molar-refractivity contribution in [1.82, 2.24) is 4.98 Å². The van der Waals surface area contributed by atoms with Crippen LogP contribution in [0.4, 0.5) is 0 Å². The summed E-state index contributed by atoms with van der Waals surface area (Å²) >= 11 is 11.5. The maximum Gasteiger partial charge on any atom is 0.253 e. The van der Waals surface area contributed by atoms with Gasteiger partial charge in [-0.05, 0) is 12.0 Å². The second-order valence-corrected chi connectivity index (χ2v) is 3.22. The minimum absolute atomic E-state index is 0.0506. The van der Waals surface area contributed by atoms with E-state index < -0.39 is 5.91 Å². The average Bonchev–Trinajstić information content (AvgIpc) is 2.04. The highest BCUT2D eigenvalue weighted by Crippen LogP contribution is 2.25. The number of carbonyl (C=O) groups excluding carboxylic acids is 1. The molecule has 0 aromatic carbocycles. The van der Waals surface area contributed by atoms with Gasteiger partial charge in [0.1, 0.15) is 5.15 Å². The van der Waals surface area contributed by atoms with Crippen LogP contribution in [0.3, 0.4) is 0 Å². The first kappa shape index (κ1) is 10.3. The van der Waals surface area contributed by atoms with Crippen molar-refractivity contribution in [2.45, 2.75) is 13.3 Å². The number of primary amides is 1. The van der Waals surface area contributed by atoms with E-state index in [1.165, 1.54) is 6.20 Å². The molecule has 2 N–H and O–H groups in total. The average molecular weight is 219 g/mol. The predicted molar refractivity (Wildman–Crippen MR) is 52.2 cm³/mol. The van der Waals surface area contributed by atoms with Crippen molar-refractivity contribution in [3.05, 3.63) is 27.5 Å². The van der Waals surface area contributed by atoms with Gasteiger partial charge < -0.3 is 5.73 Å². The Morgan fingerprint density at radius 2 is 2.23 bits per heavy atom. The zero-order chi connectivity index (χ0) is 10.0. The van der Waals surface area contributed by atoms with Crippen molar-refractivity contribution >= 4 is 29.1 Å². The lowest BCUT2D eigenvalue weighted by Crippen LogP contribution is -2.13. The highest BCUT2D eigenvalue weighted by molar-refractivity contribution is 6.39. The van der Waals surface area contributed by atoms with E-state index in [0.29, 0.717) is 11.4 Å². The number of rotatable bonds is 2. The van der Waals surface area contributed by atoms with Gasteiger partial charge in [0.2, 0.25) is 0 Å². The topological polar surface area (TPSA) is 56.0 Å². The fourth-order valence-corrected chi connectivity index (χ4v) is 1.61. The molecule has 0 atom stereocenters. The number of amides is 1. The molecule has 70 valence electrons. The monoisotopic (exact) mass is 218 g/mol. The van der Waals surface area contributed by atoms with Crippen LogP contribution in [0.1, 0.15) is 22.8 Å². The maximum atomic E-state index is 10.9. The van der Waals surface area contributed by atoms with Gasteiger partial charge in [-0.1, -0.05) is 30.1 Å². The van der Waals surface area contributed by atoms with Gasteiger partial charge in [0.05, 0.1) is 10.6 Å². The molecule has 0 bridgehead atoms. The summed E-state index contributed by atoms with van der Waals surface area (Å²) in [5, 5.41) is 0.352. The van der Waals surface area contributed by atoms with Gasteiger partial charge in [0, 0.05) is 6.20 Å². The second-order valence-electron chi connectivity index (χ2n) is 2.48. The van der Waals surface area contributed by atoms with Gasteiger partial charge >= 0.3 is 0 Å². The molecule has 1 amide bonds. The number of nitrogens with two attached hydrogens (primary N) is 1. The summed E-state index contributed by atoms with van der Waals surface area (Å²) < 4.78 is 0. The molecular weight excluding hydrogens is 211 g/mol. The third-order valence-electron chi connectivity index (χ3n) is 1.67. The van der Waals surface area contributed by atoms with Gasteiger partial charge in [-0.25, -0.2) is 4.98 Å². The minimum atomic E-state index is -0.655. The number of nitrogens with zero attached hydrogens (tertiary/aromatic N) is 1. The quantitative estimate of drug-likeness (QED) is 0.773. The maximum absolute atomic E-state index is 10.9. The molecule has 1 aromatic heterocycles. The molecule has 0 aliphatic rings. The summed E-state index contributed by atoms with van der Waals surface area (Å²) in [5.41, 5.74) is 5.95. The van der Waals surface area contributed by atoms with Crippen LogP contribution in [-0.4, -0.2) is 10.9 Å². The normalized spacial score (nSPS) is 10.1. The third-order valence-corrected chi connectivity index (χ3v) is 2.39. The lowest BCUT2D eigenvalue weighted by Gasteiger charge is -2.05. The molecule has 0 aliphatic heterocycles. The number of hydrogen-bond donors (Lipinski definition) is 1. The number of hydrogen-bond acceptors (Lipinski definition) is 2. The Bertz CT molecular complexity index is 352. The van der Waals surface area contributed by atoms with Crippen LogP contribution in [0.2, 0.25) is 10.2 Å². The van der Waals surface area contributed by atoms with Crippen molar-refractivity contribution < 1.29 is 4.79 Å². The van der Waals surface area contributed by atoms with Crippen LogP contribution in [0.5, 0.6) is 0 Å². The Labute approximate surface area is 85.9 Å². The smallest absolute Gasteiger partial charge is 0.253 e. The van der Waals surface area contributed by atoms with E-state index in [-0.39, 0.29) is 10.7 Å². The van der Waals surface area contributed by atoms with E-state index >= 15 is 0 Å². The van der Waals surface area contributed by atoms with Crippen LogP contribution >= 0.6 is 23.2 Å². The number of pyridine rings is 1. The number of aromatic nitrogens is 1. The van der Waals surface area contributed by atoms with E-state index in [2.05, 4.69) is 4.98 Å². The number of carbonyl (C=O) groups is 1. The van der Waals surface area contributed by atoms with E-state index in [1.54, 1.807) is 0 Å². The Balaban J connectivity index is 3.38. The van der Waals surface area contributed by atoms with E-state index in [9.17, 15) is 4.79 Å². The molecule has 0 aliphatic carbocycles. The minimum Gasteiger partial charge on any atom is -0.365 e. The SMILES string of the molecule is CCc1cnc(Cl)c(C(N)=O)c1Cl. The number of halogens is 2. The molecule has 1 rings (SSSR count). The molecule has 0 saturated heterocycles. The number of aryl methyl sites for hydroxylation is 1. The van der Waals surface area contributed by atoms with Gasteiger partial charge in [-0.2, -0.15) is 0 Å². The van der Waals surface area contributed by atoms with Gasteiger partial charge in [0.25, 0.3) is 5.91 Å². The molecule has 13 heavy (non-hydrogen) atoms. The van der Waals surface area contributed by atoms with Gasteiger partial charge in [0.15, 0.2) is 0 Å². The van der Waals surface area contributed by atoms with Gasteiger partial charge in [-0.15, -0.1) is 0 Å². The van der Waals surface area contributed by atoms with Crippen LogP contribution in [0.25, 0.3) is 0 Å². The zero-order valence-corrected chi connectivity index (χ0v) is 8.49. The lowest BCUT2D eigenvalue weighted by molar-refractivity contribution is 0.1000. The lowest BCUT2D eigenvalue weighted by atomic mass is 10.1. The molecule has 1 heterocycles. The highest BCUT2D eigenvalue weighted by atomic mass is 35.5. The largest absolute Gasteiger partial charge is 0.365 e. The molecule has 0 spiro atoms. The van der Waals surface area contributed by atoms with E-state index in [1.807, 2.05) is 6.92 Å². The summed E-state index contributed by atoms with van der Waals surface area (Å²) in [4.78, 5) is 14.7. The molecule has 3 nitrogen and oxygen atoms in total. The third kappa shape index (κ3) is 1.92. The summed E-state index contributed by atoms with van der Waals surface area (Å²) in [6.07, 6.45) is 2.22. The van der Waals surface area contributed by atoms with Crippen molar-refractivity contribution in [2.75, 3.05) is 0 Å². The first-order valence-corrected chi connectivity index (χ1v) is 4.46. The zero-order valence-electron chi connectivity index (χ0n) is 6.97. The van der Waals surface area contributed by atoms with E-state index in [4.69, 9.17) is 28.9 Å². The second kappa shape index (κ2) is 3.94. The summed E-state index contributed by atoms with van der Waals surface area (Å²) in [7, 11) is 0. The fourth-order valence-electron chi connectivity index (χ4n) is 0.963. The summed E-state index contributed by atoms with van der Waals surface area (Å²) in [6.45, 7) is 1.90. The molecule has 0 unspecified atom stereocenters. The van der Waals surface area contributed by atoms with Crippen LogP contribution < -0.4 is 5.73 Å². The Kier molecular flexibility index (Phi) is 3.12. The van der Waals surface area contributed by atoms with Gasteiger partial charge in [-0.3, -0.25) is 4.79 Å². The van der Waals surface area contributed by atoms with E-state index in [0.717, 1.165) is 5.56 Å².